The number of fused-ring (bicyclic) bond motifs is 1. The molecule has 0 atom stereocenters. The Balaban J connectivity index is 1.86. The zero-order chi connectivity index (χ0) is 13.2. The average molecular weight is 253 g/mol. The first-order chi connectivity index (χ1) is 9.25. The number of amides is 1. The van der Waals surface area contributed by atoms with E-state index < -0.39 is 0 Å². The average Bonchev–Trinajstić information content (AvgIpc) is 2.74. The monoisotopic (exact) mass is 253 g/mol. The molecule has 0 saturated heterocycles. The van der Waals surface area contributed by atoms with E-state index in [2.05, 4.69) is 10.1 Å². The molecule has 2 heterocycles. The highest BCUT2D eigenvalue weighted by molar-refractivity contribution is 6.32. The Kier molecular flexibility index (Phi) is 2.79. The minimum Gasteiger partial charge on any atom is -0.541 e. The quantitative estimate of drug-likeness (QED) is 0.707. The van der Waals surface area contributed by atoms with Crippen LogP contribution in [0.15, 0.2) is 41.8 Å². The van der Waals surface area contributed by atoms with Crippen LogP contribution in [0.5, 0.6) is 5.75 Å². The van der Waals surface area contributed by atoms with E-state index >= 15 is 0 Å². The van der Waals surface area contributed by atoms with Crippen LogP contribution < -0.4 is 4.65 Å². The van der Waals surface area contributed by atoms with Crippen LogP contribution in [0.1, 0.15) is 16.2 Å². The lowest BCUT2D eigenvalue weighted by Gasteiger charge is -2.12. The molecule has 0 bridgehead atoms. The number of rotatable bonds is 1. The second kappa shape index (κ2) is 4.60. The van der Waals surface area contributed by atoms with Gasteiger partial charge in [-0.05, 0) is 12.1 Å². The molecule has 1 aliphatic heterocycles. The Hall–Kier alpha value is -2.57. The van der Waals surface area contributed by atoms with E-state index in [-0.39, 0.29) is 5.91 Å². The van der Waals surface area contributed by atoms with Gasteiger partial charge in [0.2, 0.25) is 0 Å². The molecule has 3 rings (SSSR count). The summed E-state index contributed by atoms with van der Waals surface area (Å²) in [6, 6.07) is 7.41. The molecule has 6 nitrogen and oxygen atoms in total. The van der Waals surface area contributed by atoms with Crippen molar-refractivity contribution in [3.8, 4) is 5.75 Å². The van der Waals surface area contributed by atoms with Gasteiger partial charge >= 0.3 is 13.5 Å². The fourth-order valence-electron chi connectivity index (χ4n) is 1.73. The molecule has 0 saturated carbocycles. The zero-order valence-electron chi connectivity index (χ0n) is 10.2. The number of carbonyl (C=O) groups excluding carboxylic acids is 1. The van der Waals surface area contributed by atoms with E-state index in [0.29, 0.717) is 11.6 Å². The highest BCUT2D eigenvalue weighted by Crippen LogP contribution is 2.18. The van der Waals surface area contributed by atoms with E-state index in [0.717, 1.165) is 10.5 Å². The van der Waals surface area contributed by atoms with Crippen molar-refractivity contribution in [1.29, 1.82) is 0 Å². The topological polar surface area (TPSA) is 59.7 Å². The smallest absolute Gasteiger partial charge is 0.541 e. The summed E-state index contributed by atoms with van der Waals surface area (Å²) in [4.78, 5) is 17.3. The zero-order valence-corrected chi connectivity index (χ0v) is 10.2. The van der Waals surface area contributed by atoms with Gasteiger partial charge in [0.15, 0.2) is 5.82 Å². The standard InChI is InChI=1S/C12H10BN4O2/c1-16-7-6-14-11(16)12(18)17-13-19-10-5-3-2-4-9(10)8-15-17/h2-8H,1H3. The van der Waals surface area contributed by atoms with E-state index in [1.165, 1.54) is 7.62 Å². The predicted molar refractivity (Wildman–Crippen MR) is 69.8 cm³/mol. The summed E-state index contributed by atoms with van der Waals surface area (Å²) in [7, 11) is 3.02. The number of para-hydroxylation sites is 1. The number of imidazole rings is 1. The third kappa shape index (κ3) is 2.10. The molecule has 2 aromatic rings. The van der Waals surface area contributed by atoms with Crippen molar-refractivity contribution in [3.63, 3.8) is 0 Å². The third-order valence-corrected chi connectivity index (χ3v) is 2.74. The summed E-state index contributed by atoms with van der Waals surface area (Å²) in [5, 5.41) is 4.09. The van der Waals surface area contributed by atoms with Crippen LogP contribution in [0.2, 0.25) is 0 Å². The van der Waals surface area contributed by atoms with Crippen LogP contribution in [0.25, 0.3) is 0 Å². The van der Waals surface area contributed by atoms with Crippen molar-refractivity contribution >= 4 is 19.7 Å². The summed E-state index contributed by atoms with van der Waals surface area (Å²) in [5.41, 5.74) is 0.814. The number of hydrazone groups is 1. The number of benzene rings is 1. The number of aromatic nitrogens is 2. The van der Waals surface area contributed by atoms with Gasteiger partial charge in [-0.15, -0.1) is 0 Å². The van der Waals surface area contributed by atoms with Crippen molar-refractivity contribution in [2.45, 2.75) is 0 Å². The number of nitrogens with zero attached hydrogens (tertiary/aromatic N) is 4. The molecular formula is C12H10BN4O2. The Bertz CT molecular complexity index is 653. The largest absolute Gasteiger partial charge is 0.547 e. The first kappa shape index (κ1) is 11.5. The van der Waals surface area contributed by atoms with Gasteiger partial charge in [0.1, 0.15) is 5.75 Å². The van der Waals surface area contributed by atoms with Crippen molar-refractivity contribution in [3.05, 3.63) is 48.0 Å². The molecule has 0 spiro atoms. The maximum Gasteiger partial charge on any atom is 0.547 e. The first-order valence-electron chi connectivity index (χ1n) is 5.69. The van der Waals surface area contributed by atoms with Crippen LogP contribution in [-0.4, -0.2) is 34.2 Å². The molecule has 1 aromatic carbocycles. The minimum absolute atomic E-state index is 0.294. The molecule has 0 aliphatic carbocycles. The van der Waals surface area contributed by atoms with Crippen LogP contribution in [0.4, 0.5) is 0 Å². The molecule has 0 unspecified atom stereocenters. The molecule has 1 aromatic heterocycles. The summed E-state index contributed by atoms with van der Waals surface area (Å²) >= 11 is 0. The predicted octanol–water partition coefficient (Wildman–Crippen LogP) is 0.823. The first-order valence-corrected chi connectivity index (χ1v) is 5.69. The lowest BCUT2D eigenvalue weighted by atomic mass is 10.2. The van der Waals surface area contributed by atoms with Crippen molar-refractivity contribution in [2.75, 3.05) is 0 Å². The van der Waals surface area contributed by atoms with Gasteiger partial charge < -0.3 is 9.22 Å². The summed E-state index contributed by atoms with van der Waals surface area (Å²) < 4.78 is 7.07. The Morgan fingerprint density at radius 3 is 3.00 bits per heavy atom. The second-order valence-corrected chi connectivity index (χ2v) is 4.02. The Morgan fingerprint density at radius 2 is 2.21 bits per heavy atom. The highest BCUT2D eigenvalue weighted by Gasteiger charge is 2.24. The van der Waals surface area contributed by atoms with Gasteiger partial charge in [0.25, 0.3) is 0 Å². The SMILES string of the molecule is Cn1ccnc1C(=O)N1[B]Oc2ccccc2C=N1. The molecule has 1 aliphatic rings. The van der Waals surface area contributed by atoms with Crippen molar-refractivity contribution < 1.29 is 9.45 Å². The summed E-state index contributed by atoms with van der Waals surface area (Å²) in [5.74, 6) is 0.598. The summed E-state index contributed by atoms with van der Waals surface area (Å²) in [6.07, 6.45) is 4.84. The Morgan fingerprint density at radius 1 is 1.37 bits per heavy atom. The Labute approximate surface area is 110 Å². The molecule has 19 heavy (non-hydrogen) atoms. The van der Waals surface area contributed by atoms with Gasteiger partial charge in [-0.25, -0.2) is 9.90 Å². The fraction of sp³-hybridized carbons (Fsp3) is 0.0833. The van der Waals surface area contributed by atoms with Gasteiger partial charge in [-0.1, -0.05) is 12.1 Å². The van der Waals surface area contributed by atoms with E-state index in [1.807, 2.05) is 24.3 Å². The van der Waals surface area contributed by atoms with Gasteiger partial charge in [0, 0.05) is 25.0 Å². The molecule has 7 heteroatoms. The number of aryl methyl sites for hydroxylation is 1. The molecule has 93 valence electrons. The maximum atomic E-state index is 12.2. The van der Waals surface area contributed by atoms with Crippen molar-refractivity contribution in [1.82, 2.24) is 14.5 Å². The van der Waals surface area contributed by atoms with E-state index in [1.54, 1.807) is 30.2 Å². The van der Waals surface area contributed by atoms with Crippen LogP contribution in [0, 0.1) is 0 Å². The molecule has 1 radical (unpaired) electrons. The lowest BCUT2D eigenvalue weighted by molar-refractivity contribution is 0.0839. The lowest BCUT2D eigenvalue weighted by Crippen LogP contribution is -2.34. The normalized spacial score (nSPS) is 13.2. The number of hydrogen-bond acceptors (Lipinski definition) is 4. The van der Waals surface area contributed by atoms with E-state index in [9.17, 15) is 4.79 Å². The minimum atomic E-state index is -0.350. The van der Waals surface area contributed by atoms with Crippen LogP contribution in [-0.2, 0) is 7.05 Å². The highest BCUT2D eigenvalue weighted by atomic mass is 16.4. The molecule has 0 fully saturated rings. The maximum absolute atomic E-state index is 12.2. The van der Waals surface area contributed by atoms with Gasteiger partial charge in [-0.3, -0.25) is 4.79 Å². The molecular weight excluding hydrogens is 243 g/mol. The number of carbonyl (C=O) groups is 1. The number of hydrogen-bond donors (Lipinski definition) is 0. The summed E-state index contributed by atoms with van der Waals surface area (Å²) in [6.45, 7) is 0. The fourth-order valence-corrected chi connectivity index (χ4v) is 1.73. The van der Waals surface area contributed by atoms with Crippen LogP contribution >= 0.6 is 0 Å². The third-order valence-electron chi connectivity index (χ3n) is 2.74. The second-order valence-electron chi connectivity index (χ2n) is 4.02. The molecule has 1 amide bonds. The van der Waals surface area contributed by atoms with Crippen molar-refractivity contribution in [2.24, 2.45) is 12.1 Å². The van der Waals surface area contributed by atoms with Gasteiger partial charge in [-0.2, -0.15) is 5.10 Å². The van der Waals surface area contributed by atoms with Gasteiger partial charge in [0.05, 0.1) is 6.21 Å². The van der Waals surface area contributed by atoms with E-state index in [4.69, 9.17) is 4.65 Å². The molecule has 0 N–H and O–H groups in total. The van der Waals surface area contributed by atoms with Crippen LogP contribution in [0.3, 0.4) is 0 Å².